The Labute approximate surface area is 69.5 Å². The molecular formula is C7H5Cl2N. The van der Waals surface area contributed by atoms with Gasteiger partial charge in [0.2, 0.25) is 0 Å². The van der Waals surface area contributed by atoms with Crippen LogP contribution in [0.25, 0.3) is 0 Å². The normalized spacial score (nSPS) is 31.1. The lowest BCUT2D eigenvalue weighted by Gasteiger charge is -2.17. The van der Waals surface area contributed by atoms with Crippen molar-refractivity contribution < 1.29 is 0 Å². The Morgan fingerprint density at radius 1 is 1.70 bits per heavy atom. The number of nitrogens with zero attached hydrogens (tertiary/aromatic N) is 1. The summed E-state index contributed by atoms with van der Waals surface area (Å²) in [4.78, 5) is -1.00. The minimum atomic E-state index is -1.00. The number of hydrogen-bond donors (Lipinski definition) is 0. The van der Waals surface area contributed by atoms with E-state index in [2.05, 4.69) is 0 Å². The monoisotopic (exact) mass is 173 g/mol. The van der Waals surface area contributed by atoms with Gasteiger partial charge in [0.15, 0.2) is 4.87 Å². The molecule has 3 heteroatoms. The Bertz CT molecular complexity index is 236. The van der Waals surface area contributed by atoms with Crippen LogP contribution in [0.2, 0.25) is 0 Å². The maximum absolute atomic E-state index is 8.58. The van der Waals surface area contributed by atoms with Gasteiger partial charge in [0.1, 0.15) is 0 Å². The fraction of sp³-hybridized carbons (Fsp3) is 0.286. The standard InChI is InChI=1S/C7H5Cl2N/c8-6-3-1-2-4-7(6,9)5-10/h1-3H,4H2. The maximum atomic E-state index is 8.58. The molecule has 1 unspecified atom stereocenters. The molecule has 0 heterocycles. The van der Waals surface area contributed by atoms with Crippen molar-refractivity contribution in [2.75, 3.05) is 0 Å². The van der Waals surface area contributed by atoms with Crippen molar-refractivity contribution in [1.82, 2.24) is 0 Å². The van der Waals surface area contributed by atoms with Crippen LogP contribution >= 0.6 is 23.2 Å². The third-order valence-electron chi connectivity index (χ3n) is 1.33. The number of nitriles is 1. The first kappa shape index (κ1) is 7.65. The van der Waals surface area contributed by atoms with E-state index < -0.39 is 4.87 Å². The van der Waals surface area contributed by atoms with Gasteiger partial charge in [-0.05, 0) is 6.08 Å². The number of rotatable bonds is 0. The second-order valence-electron chi connectivity index (χ2n) is 2.06. The van der Waals surface area contributed by atoms with E-state index in [9.17, 15) is 0 Å². The van der Waals surface area contributed by atoms with E-state index >= 15 is 0 Å². The van der Waals surface area contributed by atoms with Crippen LogP contribution in [-0.2, 0) is 0 Å². The van der Waals surface area contributed by atoms with Crippen LogP contribution in [0.4, 0.5) is 0 Å². The lowest BCUT2D eigenvalue weighted by Crippen LogP contribution is -2.19. The van der Waals surface area contributed by atoms with E-state index in [1.807, 2.05) is 12.1 Å². The fourth-order valence-electron chi connectivity index (χ4n) is 0.712. The smallest absolute Gasteiger partial charge is 0.169 e. The lowest BCUT2D eigenvalue weighted by atomic mass is 10.0. The average molecular weight is 174 g/mol. The molecule has 10 heavy (non-hydrogen) atoms. The van der Waals surface area contributed by atoms with Gasteiger partial charge >= 0.3 is 0 Å². The Balaban J connectivity index is 2.95. The van der Waals surface area contributed by atoms with Gasteiger partial charge in [-0.15, -0.1) is 0 Å². The van der Waals surface area contributed by atoms with Gasteiger partial charge in [-0.2, -0.15) is 5.26 Å². The minimum absolute atomic E-state index is 0.402. The summed E-state index contributed by atoms with van der Waals surface area (Å²) in [7, 11) is 0. The first-order valence-corrected chi connectivity index (χ1v) is 3.57. The number of hydrogen-bond acceptors (Lipinski definition) is 1. The summed E-state index contributed by atoms with van der Waals surface area (Å²) in [6, 6.07) is 1.94. The third-order valence-corrected chi connectivity index (χ3v) is 2.32. The van der Waals surface area contributed by atoms with Crippen LogP contribution in [0.5, 0.6) is 0 Å². The summed E-state index contributed by atoms with van der Waals surface area (Å²) in [6.07, 6.45) is 5.74. The topological polar surface area (TPSA) is 23.8 Å². The van der Waals surface area contributed by atoms with Crippen LogP contribution < -0.4 is 0 Å². The molecule has 0 spiro atoms. The molecule has 0 aromatic carbocycles. The molecule has 0 aliphatic heterocycles. The molecule has 1 aliphatic rings. The molecule has 0 saturated heterocycles. The van der Waals surface area contributed by atoms with E-state index in [4.69, 9.17) is 28.5 Å². The van der Waals surface area contributed by atoms with Gasteiger partial charge in [-0.3, -0.25) is 0 Å². The molecule has 0 aromatic rings. The van der Waals surface area contributed by atoms with Gasteiger partial charge < -0.3 is 0 Å². The van der Waals surface area contributed by atoms with Crippen molar-refractivity contribution in [2.45, 2.75) is 11.3 Å². The van der Waals surface area contributed by atoms with Crippen LogP contribution in [-0.4, -0.2) is 4.87 Å². The molecule has 0 aromatic heterocycles. The van der Waals surface area contributed by atoms with E-state index in [-0.39, 0.29) is 0 Å². The molecule has 0 saturated carbocycles. The van der Waals surface area contributed by atoms with Crippen molar-refractivity contribution in [1.29, 1.82) is 5.26 Å². The zero-order valence-electron chi connectivity index (χ0n) is 5.14. The largest absolute Gasteiger partial charge is 0.196 e. The van der Waals surface area contributed by atoms with Crippen LogP contribution in [0, 0.1) is 11.3 Å². The van der Waals surface area contributed by atoms with Crippen LogP contribution in [0.1, 0.15) is 6.42 Å². The van der Waals surface area contributed by atoms with E-state index in [0.29, 0.717) is 11.5 Å². The molecule has 0 amide bonds. The van der Waals surface area contributed by atoms with Gasteiger partial charge in [0.05, 0.1) is 11.1 Å². The van der Waals surface area contributed by atoms with Gasteiger partial charge in [-0.25, -0.2) is 0 Å². The summed E-state index contributed by atoms with van der Waals surface area (Å²) in [5.74, 6) is 0. The first-order chi connectivity index (χ1) is 4.69. The molecule has 1 nitrogen and oxygen atoms in total. The van der Waals surface area contributed by atoms with Crippen molar-refractivity contribution in [3.8, 4) is 6.07 Å². The minimum Gasteiger partial charge on any atom is -0.196 e. The zero-order valence-corrected chi connectivity index (χ0v) is 6.65. The molecule has 1 aliphatic carbocycles. The quantitative estimate of drug-likeness (QED) is 0.517. The SMILES string of the molecule is N#CC1(Cl)CC=CC=C1Cl. The highest BCUT2D eigenvalue weighted by molar-refractivity contribution is 6.41. The second kappa shape index (κ2) is 2.65. The summed E-state index contributed by atoms with van der Waals surface area (Å²) in [6.45, 7) is 0. The number of alkyl halides is 1. The van der Waals surface area contributed by atoms with Crippen molar-refractivity contribution >= 4 is 23.2 Å². The molecule has 0 fully saturated rings. The fourth-order valence-corrected chi connectivity index (χ4v) is 1.06. The predicted molar refractivity (Wildman–Crippen MR) is 41.9 cm³/mol. The maximum Gasteiger partial charge on any atom is 0.169 e. The highest BCUT2D eigenvalue weighted by atomic mass is 35.5. The number of allylic oxidation sites excluding steroid dienone is 4. The van der Waals surface area contributed by atoms with Gasteiger partial charge in [0, 0.05) is 6.42 Å². The first-order valence-electron chi connectivity index (χ1n) is 2.82. The van der Waals surface area contributed by atoms with Crippen molar-refractivity contribution in [2.24, 2.45) is 0 Å². The lowest BCUT2D eigenvalue weighted by molar-refractivity contribution is 0.864. The third kappa shape index (κ3) is 1.18. The Kier molecular flexibility index (Phi) is 2.03. The summed E-state index contributed by atoms with van der Waals surface area (Å²) in [5, 5.41) is 8.98. The van der Waals surface area contributed by atoms with E-state index in [1.165, 1.54) is 0 Å². The van der Waals surface area contributed by atoms with E-state index in [0.717, 1.165) is 0 Å². The van der Waals surface area contributed by atoms with Crippen molar-refractivity contribution in [3.63, 3.8) is 0 Å². The Morgan fingerprint density at radius 3 is 2.80 bits per heavy atom. The molecule has 52 valence electrons. The molecule has 0 radical (unpaired) electrons. The highest BCUT2D eigenvalue weighted by Crippen LogP contribution is 2.33. The van der Waals surface area contributed by atoms with Crippen LogP contribution in [0.3, 0.4) is 0 Å². The van der Waals surface area contributed by atoms with Gasteiger partial charge in [0.25, 0.3) is 0 Å². The molecular weight excluding hydrogens is 169 g/mol. The molecule has 1 atom stereocenters. The summed E-state index contributed by atoms with van der Waals surface area (Å²) < 4.78 is 0. The van der Waals surface area contributed by atoms with Gasteiger partial charge in [-0.1, -0.05) is 35.4 Å². The average Bonchev–Trinajstić information content (AvgIpc) is 1.96. The van der Waals surface area contributed by atoms with E-state index in [1.54, 1.807) is 12.2 Å². The molecule has 0 N–H and O–H groups in total. The predicted octanol–water partition coefficient (Wildman–Crippen LogP) is 2.57. The Hall–Kier alpha value is -0.450. The number of halogens is 2. The highest BCUT2D eigenvalue weighted by Gasteiger charge is 2.30. The van der Waals surface area contributed by atoms with Crippen LogP contribution in [0.15, 0.2) is 23.3 Å². The summed E-state index contributed by atoms with van der Waals surface area (Å²) >= 11 is 11.5. The molecule has 1 rings (SSSR count). The Morgan fingerprint density at radius 2 is 2.40 bits per heavy atom. The molecule has 0 bridgehead atoms. The summed E-state index contributed by atoms with van der Waals surface area (Å²) in [5.41, 5.74) is 0. The second-order valence-corrected chi connectivity index (χ2v) is 3.11. The van der Waals surface area contributed by atoms with Crippen molar-refractivity contribution in [3.05, 3.63) is 23.3 Å². The zero-order chi connectivity index (χ0) is 7.61.